The summed E-state index contributed by atoms with van der Waals surface area (Å²) in [6.45, 7) is 2.86. The summed E-state index contributed by atoms with van der Waals surface area (Å²) in [5.74, 6) is 0. The molecular formula is C12H12Cl2N2S. The lowest BCUT2D eigenvalue weighted by Crippen LogP contribution is -2.04. The molecule has 0 aliphatic heterocycles. The molecule has 0 atom stereocenters. The third-order valence-electron chi connectivity index (χ3n) is 2.40. The van der Waals surface area contributed by atoms with E-state index in [9.17, 15) is 0 Å². The lowest BCUT2D eigenvalue weighted by Gasteiger charge is -1.98. The summed E-state index contributed by atoms with van der Waals surface area (Å²) in [6.07, 6.45) is 0. The van der Waals surface area contributed by atoms with Crippen molar-refractivity contribution < 1.29 is 0 Å². The van der Waals surface area contributed by atoms with E-state index in [1.165, 1.54) is 4.88 Å². The van der Waals surface area contributed by atoms with Gasteiger partial charge in [-0.15, -0.1) is 11.3 Å². The van der Waals surface area contributed by atoms with Gasteiger partial charge in [0.25, 0.3) is 0 Å². The molecular weight excluding hydrogens is 275 g/mol. The fourth-order valence-electron chi connectivity index (χ4n) is 1.51. The van der Waals surface area contributed by atoms with Crippen LogP contribution in [-0.2, 0) is 6.54 Å². The number of rotatable bonds is 3. The molecule has 0 saturated heterocycles. The maximum absolute atomic E-state index is 6.00. The first-order chi connectivity index (χ1) is 8.11. The molecule has 0 amide bonds. The average molecular weight is 287 g/mol. The number of thiazole rings is 1. The topological polar surface area (TPSA) is 24.9 Å². The van der Waals surface area contributed by atoms with Crippen molar-refractivity contribution >= 4 is 34.5 Å². The Kier molecular flexibility index (Phi) is 4.05. The van der Waals surface area contributed by atoms with Gasteiger partial charge in [0.15, 0.2) is 0 Å². The zero-order chi connectivity index (χ0) is 12.4. The van der Waals surface area contributed by atoms with Gasteiger partial charge >= 0.3 is 0 Å². The molecule has 1 aromatic carbocycles. The fourth-order valence-corrected chi connectivity index (χ4v) is 2.87. The predicted molar refractivity (Wildman–Crippen MR) is 75.1 cm³/mol. The summed E-state index contributed by atoms with van der Waals surface area (Å²) >= 11 is 13.6. The van der Waals surface area contributed by atoms with Crippen LogP contribution >= 0.6 is 34.5 Å². The highest BCUT2D eigenvalue weighted by molar-refractivity contribution is 7.15. The smallest absolute Gasteiger partial charge is 0.123 e. The molecule has 2 nitrogen and oxygen atoms in total. The first-order valence-electron chi connectivity index (χ1n) is 5.18. The Morgan fingerprint density at radius 3 is 2.71 bits per heavy atom. The summed E-state index contributed by atoms with van der Waals surface area (Å²) in [5, 5.41) is 5.24. The van der Waals surface area contributed by atoms with E-state index in [0.29, 0.717) is 10.0 Å². The third kappa shape index (κ3) is 2.80. The van der Waals surface area contributed by atoms with Crippen molar-refractivity contribution in [1.82, 2.24) is 10.3 Å². The Morgan fingerprint density at radius 1 is 1.29 bits per heavy atom. The summed E-state index contributed by atoms with van der Waals surface area (Å²) in [5.41, 5.74) is 2.07. The number of hydrogen-bond acceptors (Lipinski definition) is 3. The second-order valence-corrected chi connectivity index (χ2v) is 5.58. The van der Waals surface area contributed by atoms with Gasteiger partial charge in [0, 0.05) is 17.0 Å². The highest BCUT2D eigenvalue weighted by Gasteiger charge is 2.10. The SMILES string of the molecule is CNCc1sc(-c2ccc(Cl)c(Cl)c2)nc1C. The van der Waals surface area contributed by atoms with Gasteiger partial charge in [-0.2, -0.15) is 0 Å². The number of nitrogens with zero attached hydrogens (tertiary/aromatic N) is 1. The van der Waals surface area contributed by atoms with Gasteiger partial charge in [-0.25, -0.2) is 4.98 Å². The molecule has 2 rings (SSSR count). The average Bonchev–Trinajstić information content (AvgIpc) is 2.65. The molecule has 5 heteroatoms. The lowest BCUT2D eigenvalue weighted by atomic mass is 10.2. The largest absolute Gasteiger partial charge is 0.315 e. The molecule has 17 heavy (non-hydrogen) atoms. The van der Waals surface area contributed by atoms with Crippen molar-refractivity contribution in [2.45, 2.75) is 13.5 Å². The van der Waals surface area contributed by atoms with Crippen LogP contribution in [0.15, 0.2) is 18.2 Å². The van der Waals surface area contributed by atoms with Crippen LogP contribution in [0.2, 0.25) is 10.0 Å². The van der Waals surface area contributed by atoms with Gasteiger partial charge in [-0.1, -0.05) is 29.3 Å². The molecule has 0 radical (unpaired) electrons. The normalized spacial score (nSPS) is 10.8. The highest BCUT2D eigenvalue weighted by Crippen LogP contribution is 2.32. The lowest BCUT2D eigenvalue weighted by molar-refractivity contribution is 0.823. The van der Waals surface area contributed by atoms with Gasteiger partial charge in [0.05, 0.1) is 15.7 Å². The molecule has 1 heterocycles. The number of aromatic nitrogens is 1. The number of halogens is 2. The van der Waals surface area contributed by atoms with Crippen molar-refractivity contribution in [3.8, 4) is 10.6 Å². The van der Waals surface area contributed by atoms with Crippen LogP contribution in [0.25, 0.3) is 10.6 Å². The first kappa shape index (κ1) is 12.8. The third-order valence-corrected chi connectivity index (χ3v) is 4.34. The second-order valence-electron chi connectivity index (χ2n) is 3.69. The highest BCUT2D eigenvalue weighted by atomic mass is 35.5. The molecule has 0 bridgehead atoms. The van der Waals surface area contributed by atoms with Gasteiger partial charge < -0.3 is 5.32 Å². The molecule has 0 aliphatic rings. The van der Waals surface area contributed by atoms with Gasteiger partial charge in [0.1, 0.15) is 5.01 Å². The standard InChI is InChI=1S/C12H12Cl2N2S/c1-7-11(6-15-2)17-12(16-7)8-3-4-9(13)10(14)5-8/h3-5,15H,6H2,1-2H3. The number of nitrogens with one attached hydrogen (secondary N) is 1. The van der Waals surface area contributed by atoms with E-state index in [2.05, 4.69) is 10.3 Å². The van der Waals surface area contributed by atoms with Crippen LogP contribution < -0.4 is 5.32 Å². The fraction of sp³-hybridized carbons (Fsp3) is 0.250. The first-order valence-corrected chi connectivity index (χ1v) is 6.75. The van der Waals surface area contributed by atoms with Crippen molar-refractivity contribution in [2.24, 2.45) is 0 Å². The Morgan fingerprint density at radius 2 is 2.06 bits per heavy atom. The molecule has 2 aromatic rings. The van der Waals surface area contributed by atoms with Crippen LogP contribution in [0, 0.1) is 6.92 Å². The number of hydrogen-bond donors (Lipinski definition) is 1. The van der Waals surface area contributed by atoms with Gasteiger partial charge in [-0.3, -0.25) is 0 Å². The maximum Gasteiger partial charge on any atom is 0.123 e. The maximum atomic E-state index is 6.00. The van der Waals surface area contributed by atoms with E-state index in [1.54, 1.807) is 17.4 Å². The Hall–Kier alpha value is -0.610. The summed E-state index contributed by atoms with van der Waals surface area (Å²) in [6, 6.07) is 5.59. The van der Waals surface area contributed by atoms with E-state index in [-0.39, 0.29) is 0 Å². The number of aryl methyl sites for hydroxylation is 1. The molecule has 0 saturated carbocycles. The van der Waals surface area contributed by atoms with Crippen LogP contribution in [0.4, 0.5) is 0 Å². The summed E-state index contributed by atoms with van der Waals surface area (Å²) in [7, 11) is 1.93. The minimum absolute atomic E-state index is 0.562. The van der Waals surface area contributed by atoms with E-state index in [0.717, 1.165) is 22.8 Å². The Balaban J connectivity index is 2.39. The van der Waals surface area contributed by atoms with E-state index < -0.39 is 0 Å². The van der Waals surface area contributed by atoms with Crippen molar-refractivity contribution in [3.05, 3.63) is 38.8 Å². The van der Waals surface area contributed by atoms with Crippen molar-refractivity contribution in [1.29, 1.82) is 0 Å². The Labute approximate surface area is 115 Å². The molecule has 1 N–H and O–H groups in total. The summed E-state index contributed by atoms with van der Waals surface area (Å²) in [4.78, 5) is 5.79. The second kappa shape index (κ2) is 5.36. The van der Waals surface area contributed by atoms with Gasteiger partial charge in [0.2, 0.25) is 0 Å². The van der Waals surface area contributed by atoms with Crippen LogP contribution in [-0.4, -0.2) is 12.0 Å². The zero-order valence-corrected chi connectivity index (χ0v) is 11.9. The molecule has 1 aromatic heterocycles. The van der Waals surface area contributed by atoms with Crippen LogP contribution in [0.1, 0.15) is 10.6 Å². The minimum atomic E-state index is 0.562. The predicted octanol–water partition coefficient (Wildman–Crippen LogP) is 4.14. The molecule has 90 valence electrons. The van der Waals surface area contributed by atoms with Crippen LogP contribution in [0.3, 0.4) is 0 Å². The van der Waals surface area contributed by atoms with E-state index in [4.69, 9.17) is 23.2 Å². The van der Waals surface area contributed by atoms with Crippen LogP contribution in [0.5, 0.6) is 0 Å². The number of benzene rings is 1. The molecule has 0 fully saturated rings. The summed E-state index contributed by atoms with van der Waals surface area (Å²) < 4.78 is 0. The van der Waals surface area contributed by atoms with Crippen molar-refractivity contribution in [3.63, 3.8) is 0 Å². The van der Waals surface area contributed by atoms with Crippen molar-refractivity contribution in [2.75, 3.05) is 7.05 Å². The minimum Gasteiger partial charge on any atom is -0.315 e. The molecule has 0 aliphatic carbocycles. The zero-order valence-electron chi connectivity index (χ0n) is 9.55. The molecule has 0 unspecified atom stereocenters. The quantitative estimate of drug-likeness (QED) is 0.917. The van der Waals surface area contributed by atoms with Gasteiger partial charge in [-0.05, 0) is 26.1 Å². The monoisotopic (exact) mass is 286 g/mol. The molecule has 0 spiro atoms. The van der Waals surface area contributed by atoms with E-state index in [1.807, 2.05) is 26.1 Å². The Bertz CT molecular complexity index is 537. The van der Waals surface area contributed by atoms with E-state index >= 15 is 0 Å².